The van der Waals surface area contributed by atoms with Crippen LogP contribution in [0.1, 0.15) is 12.8 Å². The summed E-state index contributed by atoms with van der Waals surface area (Å²) >= 11 is 0. The summed E-state index contributed by atoms with van der Waals surface area (Å²) in [6, 6.07) is 8.46. The molecule has 14 heavy (non-hydrogen) atoms. The Morgan fingerprint density at radius 1 is 1.14 bits per heavy atom. The molecular weight excluding hydrogens is 170 g/mol. The number of nitrogens with zero attached hydrogens (tertiary/aromatic N) is 1. The second kappa shape index (κ2) is 4.14. The number of fused-ring (bicyclic) bond motifs is 1. The quantitative estimate of drug-likeness (QED) is 0.506. The van der Waals surface area contributed by atoms with E-state index in [1.54, 1.807) is 0 Å². The highest BCUT2D eigenvalue weighted by atomic mass is 14.9. The van der Waals surface area contributed by atoms with Gasteiger partial charge in [0.25, 0.3) is 0 Å². The smallest absolute Gasteiger partial charge is 0.0223 e. The fourth-order valence-corrected chi connectivity index (χ4v) is 1.69. The molecule has 72 valence electrons. The molecule has 0 saturated heterocycles. The third-order valence-corrected chi connectivity index (χ3v) is 2.43. The van der Waals surface area contributed by atoms with Crippen molar-refractivity contribution in [3.05, 3.63) is 49.3 Å². The van der Waals surface area contributed by atoms with Crippen molar-refractivity contribution in [1.29, 1.82) is 0 Å². The van der Waals surface area contributed by atoms with Crippen LogP contribution >= 0.6 is 0 Å². The van der Waals surface area contributed by atoms with E-state index in [1.165, 1.54) is 17.2 Å². The SMILES string of the molecule is C=CCCCn1cc2ccccc2c1. The standard InChI is InChI=1S/C13H15N/c1-2-3-6-9-14-10-12-7-4-5-8-13(12)11-14/h2,4-5,7-8,10-11H,1,3,6,9H2. The number of hydrogen-bond acceptors (Lipinski definition) is 0. The van der Waals surface area contributed by atoms with Crippen molar-refractivity contribution in [3.8, 4) is 0 Å². The summed E-state index contributed by atoms with van der Waals surface area (Å²) in [6.45, 7) is 4.81. The van der Waals surface area contributed by atoms with E-state index in [4.69, 9.17) is 0 Å². The monoisotopic (exact) mass is 185 g/mol. The highest BCUT2D eigenvalue weighted by molar-refractivity contribution is 5.81. The predicted octanol–water partition coefficient (Wildman–Crippen LogP) is 3.61. The van der Waals surface area contributed by atoms with Gasteiger partial charge < -0.3 is 4.57 Å². The maximum Gasteiger partial charge on any atom is 0.0223 e. The molecule has 0 N–H and O–H groups in total. The van der Waals surface area contributed by atoms with Crippen molar-refractivity contribution in [3.63, 3.8) is 0 Å². The van der Waals surface area contributed by atoms with Crippen LogP contribution in [0.4, 0.5) is 0 Å². The molecule has 0 aliphatic heterocycles. The summed E-state index contributed by atoms with van der Waals surface area (Å²) in [5.74, 6) is 0. The van der Waals surface area contributed by atoms with E-state index in [-0.39, 0.29) is 0 Å². The average Bonchev–Trinajstić information content (AvgIpc) is 2.60. The van der Waals surface area contributed by atoms with Crippen LogP contribution in [-0.4, -0.2) is 4.57 Å². The van der Waals surface area contributed by atoms with Gasteiger partial charge in [0.05, 0.1) is 0 Å². The zero-order valence-corrected chi connectivity index (χ0v) is 8.32. The molecule has 0 unspecified atom stereocenters. The van der Waals surface area contributed by atoms with Crippen molar-refractivity contribution in [2.24, 2.45) is 0 Å². The number of rotatable bonds is 4. The molecule has 2 rings (SSSR count). The van der Waals surface area contributed by atoms with Gasteiger partial charge in [-0.1, -0.05) is 30.3 Å². The topological polar surface area (TPSA) is 4.93 Å². The summed E-state index contributed by atoms with van der Waals surface area (Å²) in [6.07, 6.45) is 8.65. The molecule has 0 atom stereocenters. The van der Waals surface area contributed by atoms with Gasteiger partial charge in [-0.2, -0.15) is 0 Å². The molecule has 0 radical (unpaired) electrons. The zero-order chi connectivity index (χ0) is 9.80. The molecule has 0 amide bonds. The van der Waals surface area contributed by atoms with Crippen LogP contribution in [0.15, 0.2) is 49.3 Å². The van der Waals surface area contributed by atoms with E-state index >= 15 is 0 Å². The van der Waals surface area contributed by atoms with Crippen molar-refractivity contribution in [2.75, 3.05) is 0 Å². The van der Waals surface area contributed by atoms with Gasteiger partial charge in [0.1, 0.15) is 0 Å². The molecule has 1 aromatic heterocycles. The highest BCUT2D eigenvalue weighted by Crippen LogP contribution is 2.14. The first kappa shape index (κ1) is 9.07. The average molecular weight is 185 g/mol. The largest absolute Gasteiger partial charge is 0.353 e. The second-order valence-corrected chi connectivity index (χ2v) is 3.56. The van der Waals surface area contributed by atoms with E-state index in [0.717, 1.165) is 13.0 Å². The summed E-state index contributed by atoms with van der Waals surface area (Å²) in [5, 5.41) is 2.65. The van der Waals surface area contributed by atoms with Crippen LogP contribution in [-0.2, 0) is 6.54 Å². The van der Waals surface area contributed by atoms with Gasteiger partial charge in [-0.05, 0) is 23.6 Å². The molecule has 0 aliphatic rings. The van der Waals surface area contributed by atoms with Crippen LogP contribution in [0.5, 0.6) is 0 Å². The summed E-state index contributed by atoms with van der Waals surface area (Å²) in [7, 11) is 0. The Labute approximate surface area is 84.7 Å². The minimum absolute atomic E-state index is 1.08. The van der Waals surface area contributed by atoms with Crippen LogP contribution < -0.4 is 0 Å². The van der Waals surface area contributed by atoms with Crippen molar-refractivity contribution in [1.82, 2.24) is 4.57 Å². The maximum atomic E-state index is 3.73. The Balaban J connectivity index is 2.14. The summed E-state index contributed by atoms with van der Waals surface area (Å²) in [4.78, 5) is 0. The lowest BCUT2D eigenvalue weighted by atomic mass is 10.2. The second-order valence-electron chi connectivity index (χ2n) is 3.56. The minimum atomic E-state index is 1.08. The van der Waals surface area contributed by atoms with E-state index in [2.05, 4.69) is 47.8 Å². The molecule has 1 aromatic carbocycles. The van der Waals surface area contributed by atoms with Gasteiger partial charge in [-0.15, -0.1) is 6.58 Å². The van der Waals surface area contributed by atoms with Crippen LogP contribution in [0.2, 0.25) is 0 Å². The van der Waals surface area contributed by atoms with E-state index in [9.17, 15) is 0 Å². The van der Waals surface area contributed by atoms with E-state index in [0.29, 0.717) is 0 Å². The molecule has 0 aliphatic carbocycles. The highest BCUT2D eigenvalue weighted by Gasteiger charge is 1.96. The number of unbranched alkanes of at least 4 members (excludes halogenated alkanes) is 1. The molecule has 1 heteroatoms. The molecule has 0 fully saturated rings. The summed E-state index contributed by atoms with van der Waals surface area (Å²) < 4.78 is 2.26. The Bertz CT molecular complexity index is 392. The number of hydrogen-bond donors (Lipinski definition) is 0. The molecule has 1 nitrogen and oxygen atoms in total. The molecule has 0 saturated carbocycles. The number of aryl methyl sites for hydroxylation is 1. The summed E-state index contributed by atoms with van der Waals surface area (Å²) in [5.41, 5.74) is 0. The van der Waals surface area contributed by atoms with Crippen LogP contribution in [0.3, 0.4) is 0 Å². The molecule has 0 bridgehead atoms. The number of allylic oxidation sites excluding steroid dienone is 1. The Morgan fingerprint density at radius 2 is 1.79 bits per heavy atom. The predicted molar refractivity (Wildman–Crippen MR) is 61.4 cm³/mol. The lowest BCUT2D eigenvalue weighted by molar-refractivity contribution is 0.656. The van der Waals surface area contributed by atoms with Gasteiger partial charge in [0.15, 0.2) is 0 Å². The van der Waals surface area contributed by atoms with E-state index in [1.807, 2.05) is 6.08 Å². The normalized spacial score (nSPS) is 10.6. The third kappa shape index (κ3) is 1.87. The first-order chi connectivity index (χ1) is 6.90. The maximum absolute atomic E-state index is 3.73. The van der Waals surface area contributed by atoms with Gasteiger partial charge >= 0.3 is 0 Å². The first-order valence-corrected chi connectivity index (χ1v) is 5.05. The fraction of sp³-hybridized carbons (Fsp3) is 0.231. The fourth-order valence-electron chi connectivity index (χ4n) is 1.69. The minimum Gasteiger partial charge on any atom is -0.353 e. The number of aromatic nitrogens is 1. The third-order valence-electron chi connectivity index (χ3n) is 2.43. The van der Waals surface area contributed by atoms with Gasteiger partial charge in [0.2, 0.25) is 0 Å². The van der Waals surface area contributed by atoms with Crippen molar-refractivity contribution >= 4 is 10.8 Å². The van der Waals surface area contributed by atoms with Gasteiger partial charge in [-0.25, -0.2) is 0 Å². The van der Waals surface area contributed by atoms with E-state index < -0.39 is 0 Å². The lowest BCUT2D eigenvalue weighted by Gasteiger charge is -1.98. The van der Waals surface area contributed by atoms with Crippen LogP contribution in [0.25, 0.3) is 10.8 Å². The number of benzene rings is 1. The zero-order valence-electron chi connectivity index (χ0n) is 8.32. The molecular formula is C13H15N. The van der Waals surface area contributed by atoms with Crippen molar-refractivity contribution < 1.29 is 0 Å². The Morgan fingerprint density at radius 3 is 2.36 bits per heavy atom. The van der Waals surface area contributed by atoms with Gasteiger partial charge in [0, 0.05) is 18.9 Å². The molecule has 2 aromatic rings. The van der Waals surface area contributed by atoms with Gasteiger partial charge in [-0.3, -0.25) is 0 Å². The molecule has 0 spiro atoms. The first-order valence-electron chi connectivity index (χ1n) is 5.05. The molecule has 1 heterocycles. The van der Waals surface area contributed by atoms with Crippen molar-refractivity contribution in [2.45, 2.75) is 19.4 Å². The lowest BCUT2D eigenvalue weighted by Crippen LogP contribution is -1.92. The Kier molecular flexibility index (Phi) is 2.68. The Hall–Kier alpha value is -1.50. The van der Waals surface area contributed by atoms with Crippen LogP contribution in [0, 0.1) is 0 Å².